The Morgan fingerprint density at radius 2 is 1.95 bits per heavy atom. The van der Waals surface area contributed by atoms with Crippen LogP contribution in [0.4, 0.5) is 4.39 Å². The summed E-state index contributed by atoms with van der Waals surface area (Å²) in [4.78, 5) is 14.3. The first-order valence-corrected chi connectivity index (χ1v) is 7.84. The van der Waals surface area contributed by atoms with Crippen molar-refractivity contribution in [3.63, 3.8) is 0 Å². The van der Waals surface area contributed by atoms with Crippen molar-refractivity contribution in [3.8, 4) is 0 Å². The first kappa shape index (κ1) is 15.3. The van der Waals surface area contributed by atoms with Crippen LogP contribution in [0.1, 0.15) is 37.7 Å². The van der Waals surface area contributed by atoms with Gasteiger partial charge in [-0.1, -0.05) is 37.5 Å². The summed E-state index contributed by atoms with van der Waals surface area (Å²) in [5, 5.41) is 0. The summed E-state index contributed by atoms with van der Waals surface area (Å²) in [6.45, 7) is 0.555. The van der Waals surface area contributed by atoms with Gasteiger partial charge in [0, 0.05) is 18.5 Å². The third-order valence-electron chi connectivity index (χ3n) is 3.96. The van der Waals surface area contributed by atoms with Gasteiger partial charge in [0.2, 0.25) is 5.91 Å². The summed E-state index contributed by atoms with van der Waals surface area (Å²) in [5.74, 6) is 0.109. The first-order chi connectivity index (χ1) is 9.72. The highest BCUT2D eigenvalue weighted by Gasteiger charge is 2.25. The molecule has 0 N–H and O–H groups in total. The molecular formula is C16H21ClFNO. The molecule has 0 unspecified atom stereocenters. The van der Waals surface area contributed by atoms with Crippen LogP contribution in [0.5, 0.6) is 0 Å². The Morgan fingerprint density at radius 3 is 2.60 bits per heavy atom. The number of hydrogen-bond donors (Lipinski definition) is 0. The summed E-state index contributed by atoms with van der Waals surface area (Å²) >= 11 is 5.83. The number of nitrogens with zero attached hydrogens (tertiary/aromatic N) is 1. The van der Waals surface area contributed by atoms with E-state index in [-0.39, 0.29) is 24.2 Å². The van der Waals surface area contributed by atoms with E-state index >= 15 is 0 Å². The quantitative estimate of drug-likeness (QED) is 0.758. The Morgan fingerprint density at radius 1 is 1.25 bits per heavy atom. The Bertz CT molecular complexity index is 446. The number of benzene rings is 1. The molecule has 0 radical (unpaired) electrons. The monoisotopic (exact) mass is 297 g/mol. The summed E-state index contributed by atoms with van der Waals surface area (Å²) < 4.78 is 13.6. The molecule has 1 amide bonds. The molecule has 20 heavy (non-hydrogen) atoms. The van der Waals surface area contributed by atoms with Gasteiger partial charge in [-0.25, -0.2) is 4.39 Å². The number of halogens is 2. The minimum atomic E-state index is -0.310. The van der Waals surface area contributed by atoms with Crippen molar-refractivity contribution < 1.29 is 9.18 Å². The van der Waals surface area contributed by atoms with Crippen LogP contribution in [-0.2, 0) is 11.2 Å². The van der Waals surface area contributed by atoms with E-state index in [1.54, 1.807) is 18.2 Å². The van der Waals surface area contributed by atoms with Crippen LogP contribution in [0.25, 0.3) is 0 Å². The van der Waals surface area contributed by atoms with Gasteiger partial charge in [-0.15, -0.1) is 11.6 Å². The molecular weight excluding hydrogens is 277 g/mol. The normalized spacial score (nSPS) is 16.1. The van der Waals surface area contributed by atoms with E-state index in [1.165, 1.54) is 12.5 Å². The maximum Gasteiger partial charge on any atom is 0.227 e. The third kappa shape index (κ3) is 3.95. The summed E-state index contributed by atoms with van der Waals surface area (Å²) in [6, 6.07) is 6.75. The first-order valence-electron chi connectivity index (χ1n) is 7.31. The minimum absolute atomic E-state index is 0.0114. The van der Waals surface area contributed by atoms with Gasteiger partial charge in [0.1, 0.15) is 5.82 Å². The van der Waals surface area contributed by atoms with E-state index in [1.807, 2.05) is 4.90 Å². The molecule has 1 aromatic carbocycles. The molecule has 1 saturated carbocycles. The summed E-state index contributed by atoms with van der Waals surface area (Å²) in [6.07, 6.45) is 5.78. The van der Waals surface area contributed by atoms with Gasteiger partial charge in [0.05, 0.1) is 6.42 Å². The minimum Gasteiger partial charge on any atom is -0.338 e. The molecule has 2 rings (SSSR count). The molecule has 0 aliphatic heterocycles. The van der Waals surface area contributed by atoms with Crippen LogP contribution in [0.2, 0.25) is 0 Å². The number of hydrogen-bond acceptors (Lipinski definition) is 1. The number of amides is 1. The summed E-state index contributed by atoms with van der Waals surface area (Å²) in [7, 11) is 0. The van der Waals surface area contributed by atoms with Crippen LogP contribution >= 0.6 is 11.6 Å². The van der Waals surface area contributed by atoms with E-state index in [0.717, 1.165) is 25.7 Å². The van der Waals surface area contributed by atoms with E-state index in [0.29, 0.717) is 18.0 Å². The fourth-order valence-electron chi connectivity index (χ4n) is 2.90. The lowest BCUT2D eigenvalue weighted by Crippen LogP contribution is -2.43. The second-order valence-corrected chi connectivity index (χ2v) is 5.71. The van der Waals surface area contributed by atoms with E-state index in [2.05, 4.69) is 0 Å². The molecule has 1 aliphatic rings. The zero-order chi connectivity index (χ0) is 14.4. The number of carbonyl (C=O) groups is 1. The lowest BCUT2D eigenvalue weighted by Gasteiger charge is -2.34. The van der Waals surface area contributed by atoms with Crippen molar-refractivity contribution in [1.29, 1.82) is 0 Å². The maximum atomic E-state index is 13.6. The Kier molecular flexibility index (Phi) is 5.84. The molecule has 0 aromatic heterocycles. The van der Waals surface area contributed by atoms with Crippen LogP contribution < -0.4 is 0 Å². The molecule has 110 valence electrons. The fourth-order valence-corrected chi connectivity index (χ4v) is 3.08. The van der Waals surface area contributed by atoms with Crippen LogP contribution in [0, 0.1) is 5.82 Å². The van der Waals surface area contributed by atoms with Crippen LogP contribution in [0.3, 0.4) is 0 Å². The number of alkyl halides is 1. The largest absolute Gasteiger partial charge is 0.338 e. The molecule has 0 atom stereocenters. The van der Waals surface area contributed by atoms with Gasteiger partial charge in [0.25, 0.3) is 0 Å². The molecule has 1 aliphatic carbocycles. The zero-order valence-electron chi connectivity index (χ0n) is 11.7. The predicted octanol–water partition coefficient (Wildman–Crippen LogP) is 3.77. The molecule has 0 spiro atoms. The van der Waals surface area contributed by atoms with Crippen molar-refractivity contribution >= 4 is 17.5 Å². The van der Waals surface area contributed by atoms with E-state index in [4.69, 9.17) is 11.6 Å². The van der Waals surface area contributed by atoms with Crippen molar-refractivity contribution in [1.82, 2.24) is 4.90 Å². The molecule has 1 aromatic rings. The van der Waals surface area contributed by atoms with E-state index < -0.39 is 0 Å². The second-order valence-electron chi connectivity index (χ2n) is 5.34. The standard InChI is InChI=1S/C16H21ClFNO/c17-10-11-19(14-7-2-1-3-8-14)16(20)12-13-6-4-5-9-15(13)18/h4-6,9,14H,1-3,7-8,10-12H2. The lowest BCUT2D eigenvalue weighted by molar-refractivity contribution is -0.133. The molecule has 1 fully saturated rings. The number of carbonyl (C=O) groups excluding carboxylic acids is 1. The average Bonchev–Trinajstić information content (AvgIpc) is 2.48. The van der Waals surface area contributed by atoms with Crippen LogP contribution in [-0.4, -0.2) is 29.3 Å². The summed E-state index contributed by atoms with van der Waals surface area (Å²) in [5.41, 5.74) is 0.466. The highest BCUT2D eigenvalue weighted by molar-refractivity contribution is 6.18. The zero-order valence-corrected chi connectivity index (χ0v) is 12.4. The van der Waals surface area contributed by atoms with Crippen LogP contribution in [0.15, 0.2) is 24.3 Å². The van der Waals surface area contributed by atoms with Crippen molar-refractivity contribution in [2.45, 2.75) is 44.6 Å². The van der Waals surface area contributed by atoms with Gasteiger partial charge in [-0.05, 0) is 24.5 Å². The topological polar surface area (TPSA) is 20.3 Å². The third-order valence-corrected chi connectivity index (χ3v) is 4.13. The number of rotatable bonds is 5. The molecule has 0 saturated heterocycles. The Balaban J connectivity index is 2.04. The van der Waals surface area contributed by atoms with Crippen molar-refractivity contribution in [2.75, 3.05) is 12.4 Å². The van der Waals surface area contributed by atoms with E-state index in [9.17, 15) is 9.18 Å². The molecule has 0 bridgehead atoms. The van der Waals surface area contributed by atoms with Gasteiger partial charge in [-0.2, -0.15) is 0 Å². The molecule has 2 nitrogen and oxygen atoms in total. The van der Waals surface area contributed by atoms with Gasteiger partial charge in [0.15, 0.2) is 0 Å². The highest BCUT2D eigenvalue weighted by atomic mass is 35.5. The molecule has 4 heteroatoms. The second kappa shape index (κ2) is 7.63. The Hall–Kier alpha value is -1.09. The predicted molar refractivity (Wildman–Crippen MR) is 79.4 cm³/mol. The van der Waals surface area contributed by atoms with Gasteiger partial charge in [-0.3, -0.25) is 4.79 Å². The fraction of sp³-hybridized carbons (Fsp3) is 0.562. The molecule has 0 heterocycles. The highest BCUT2D eigenvalue weighted by Crippen LogP contribution is 2.23. The average molecular weight is 298 g/mol. The maximum absolute atomic E-state index is 13.6. The smallest absolute Gasteiger partial charge is 0.227 e. The van der Waals surface area contributed by atoms with Crippen molar-refractivity contribution in [3.05, 3.63) is 35.6 Å². The Labute approximate surface area is 124 Å². The van der Waals surface area contributed by atoms with Crippen molar-refractivity contribution in [2.24, 2.45) is 0 Å². The lowest BCUT2D eigenvalue weighted by atomic mass is 9.93. The van der Waals surface area contributed by atoms with Gasteiger partial charge >= 0.3 is 0 Å². The SMILES string of the molecule is O=C(Cc1ccccc1F)N(CCCl)C1CCCCC1. The van der Waals surface area contributed by atoms with Gasteiger partial charge < -0.3 is 4.90 Å².